The molecule has 5 nitrogen and oxygen atoms in total. The second-order valence-electron chi connectivity index (χ2n) is 5.81. The maximum atomic E-state index is 12.5. The molecule has 1 aromatic rings. The molecule has 2 unspecified atom stereocenters. The number of aryl methyl sites for hydroxylation is 1. The van der Waals surface area contributed by atoms with Gasteiger partial charge in [0.1, 0.15) is 0 Å². The molecule has 2 aliphatic rings. The fourth-order valence-electron chi connectivity index (χ4n) is 2.99. The summed E-state index contributed by atoms with van der Waals surface area (Å²) in [6.07, 6.45) is 3.99. The Labute approximate surface area is 126 Å². The Bertz CT molecular complexity index is 609. The zero-order valence-corrected chi connectivity index (χ0v) is 13.1. The van der Waals surface area contributed by atoms with Crippen LogP contribution in [0, 0.1) is 0 Å². The van der Waals surface area contributed by atoms with Gasteiger partial charge in [-0.1, -0.05) is 6.07 Å². The molecular weight excluding hydrogens is 288 g/mol. The van der Waals surface area contributed by atoms with Gasteiger partial charge in [0, 0.05) is 24.9 Å². The fourth-order valence-corrected chi connectivity index (χ4v) is 4.29. The normalized spacial score (nSPS) is 23.4. The Kier molecular flexibility index (Phi) is 4.19. The molecule has 1 aromatic carbocycles. The highest BCUT2D eigenvalue weighted by atomic mass is 32.2. The third-order valence-corrected chi connectivity index (χ3v) is 5.75. The first kappa shape index (κ1) is 14.8. The minimum atomic E-state index is -3.50. The second-order valence-corrected chi connectivity index (χ2v) is 7.52. The van der Waals surface area contributed by atoms with E-state index in [2.05, 4.69) is 10.0 Å². The van der Waals surface area contributed by atoms with Crippen LogP contribution in [0.15, 0.2) is 23.1 Å². The van der Waals surface area contributed by atoms with Gasteiger partial charge >= 0.3 is 0 Å². The van der Waals surface area contributed by atoms with E-state index in [1.165, 1.54) is 5.56 Å². The van der Waals surface area contributed by atoms with Crippen molar-refractivity contribution in [2.45, 2.75) is 49.6 Å². The van der Waals surface area contributed by atoms with Crippen LogP contribution in [0.3, 0.4) is 0 Å². The van der Waals surface area contributed by atoms with Crippen LogP contribution >= 0.6 is 0 Å². The monoisotopic (exact) mass is 310 g/mol. The summed E-state index contributed by atoms with van der Waals surface area (Å²) in [6, 6.07) is 5.13. The minimum Gasteiger partial charge on any atom is -0.385 e. The number of sulfonamides is 1. The minimum absolute atomic E-state index is 0.0180. The highest BCUT2D eigenvalue weighted by Crippen LogP contribution is 2.25. The SMILES string of the molecule is CC(NS(=O)(=O)c1ccc2c(c1)NCCC2)C1CCCO1. The van der Waals surface area contributed by atoms with Crippen LogP contribution < -0.4 is 10.0 Å². The molecule has 2 heterocycles. The van der Waals surface area contributed by atoms with E-state index in [-0.39, 0.29) is 12.1 Å². The van der Waals surface area contributed by atoms with E-state index in [1.807, 2.05) is 13.0 Å². The van der Waals surface area contributed by atoms with Gasteiger partial charge in [-0.05, 0) is 50.3 Å². The summed E-state index contributed by atoms with van der Waals surface area (Å²) in [4.78, 5) is 0.320. The molecular formula is C15H22N2O3S. The molecule has 0 saturated carbocycles. The highest BCUT2D eigenvalue weighted by molar-refractivity contribution is 7.89. The number of fused-ring (bicyclic) bond motifs is 1. The van der Waals surface area contributed by atoms with E-state index < -0.39 is 10.0 Å². The van der Waals surface area contributed by atoms with Crippen molar-refractivity contribution in [1.82, 2.24) is 4.72 Å². The quantitative estimate of drug-likeness (QED) is 0.891. The first-order valence-corrected chi connectivity index (χ1v) is 9.05. The van der Waals surface area contributed by atoms with Crippen molar-refractivity contribution in [3.63, 3.8) is 0 Å². The predicted molar refractivity (Wildman–Crippen MR) is 82.0 cm³/mol. The van der Waals surface area contributed by atoms with Crippen molar-refractivity contribution in [3.05, 3.63) is 23.8 Å². The van der Waals surface area contributed by atoms with Gasteiger partial charge in [0.15, 0.2) is 0 Å². The molecule has 1 saturated heterocycles. The lowest BCUT2D eigenvalue weighted by molar-refractivity contribution is 0.0902. The van der Waals surface area contributed by atoms with E-state index in [0.717, 1.165) is 44.5 Å². The van der Waals surface area contributed by atoms with Crippen LogP contribution in [0.1, 0.15) is 31.7 Å². The smallest absolute Gasteiger partial charge is 0.240 e. The Morgan fingerprint density at radius 1 is 1.38 bits per heavy atom. The number of anilines is 1. The van der Waals surface area contributed by atoms with E-state index in [4.69, 9.17) is 4.74 Å². The van der Waals surface area contributed by atoms with Crippen molar-refractivity contribution < 1.29 is 13.2 Å². The Morgan fingerprint density at radius 2 is 2.24 bits per heavy atom. The van der Waals surface area contributed by atoms with Gasteiger partial charge in [-0.2, -0.15) is 0 Å². The summed E-state index contributed by atoms with van der Waals surface area (Å²) in [7, 11) is -3.50. The standard InChI is InChI=1S/C15H22N2O3S/c1-11(15-5-3-9-20-15)17-21(18,19)13-7-6-12-4-2-8-16-14(12)10-13/h6-7,10-11,15-17H,2-5,8-9H2,1H3. The number of benzene rings is 1. The topological polar surface area (TPSA) is 67.4 Å². The van der Waals surface area contributed by atoms with Crippen molar-refractivity contribution in [1.29, 1.82) is 0 Å². The molecule has 0 bridgehead atoms. The van der Waals surface area contributed by atoms with Crippen molar-refractivity contribution >= 4 is 15.7 Å². The highest BCUT2D eigenvalue weighted by Gasteiger charge is 2.27. The predicted octanol–water partition coefficient (Wildman–Crippen LogP) is 1.89. The molecule has 3 rings (SSSR count). The van der Waals surface area contributed by atoms with Gasteiger partial charge in [-0.15, -0.1) is 0 Å². The average Bonchev–Trinajstić information content (AvgIpc) is 3.00. The van der Waals surface area contributed by atoms with Gasteiger partial charge in [0.2, 0.25) is 10.0 Å². The second kappa shape index (κ2) is 5.94. The number of ether oxygens (including phenoxy) is 1. The van der Waals surface area contributed by atoms with E-state index in [0.29, 0.717) is 4.90 Å². The van der Waals surface area contributed by atoms with Crippen LogP contribution in [-0.4, -0.2) is 33.7 Å². The van der Waals surface area contributed by atoms with Crippen LogP contribution in [0.25, 0.3) is 0 Å². The Morgan fingerprint density at radius 3 is 3.00 bits per heavy atom. The van der Waals surface area contributed by atoms with Crippen molar-refractivity contribution in [3.8, 4) is 0 Å². The van der Waals surface area contributed by atoms with Crippen molar-refractivity contribution in [2.75, 3.05) is 18.5 Å². The van der Waals surface area contributed by atoms with E-state index >= 15 is 0 Å². The lowest BCUT2D eigenvalue weighted by Gasteiger charge is -2.22. The zero-order chi connectivity index (χ0) is 14.9. The summed E-state index contributed by atoms with van der Waals surface area (Å²) >= 11 is 0. The van der Waals surface area contributed by atoms with E-state index in [9.17, 15) is 8.42 Å². The molecule has 0 aromatic heterocycles. The number of hydrogen-bond acceptors (Lipinski definition) is 4. The largest absolute Gasteiger partial charge is 0.385 e. The van der Waals surface area contributed by atoms with E-state index in [1.54, 1.807) is 12.1 Å². The summed E-state index contributed by atoms with van der Waals surface area (Å²) in [5, 5.41) is 3.27. The molecule has 0 amide bonds. The average molecular weight is 310 g/mol. The maximum Gasteiger partial charge on any atom is 0.240 e. The lowest BCUT2D eigenvalue weighted by atomic mass is 10.0. The molecule has 1 fully saturated rings. The maximum absolute atomic E-state index is 12.5. The van der Waals surface area contributed by atoms with Gasteiger partial charge < -0.3 is 10.1 Å². The molecule has 0 aliphatic carbocycles. The summed E-state index contributed by atoms with van der Waals surface area (Å²) in [5.74, 6) is 0. The summed E-state index contributed by atoms with van der Waals surface area (Å²) in [6.45, 7) is 3.49. The van der Waals surface area contributed by atoms with Crippen molar-refractivity contribution in [2.24, 2.45) is 0 Å². The molecule has 2 N–H and O–H groups in total. The van der Waals surface area contributed by atoms with Crippen LogP contribution in [0.2, 0.25) is 0 Å². The lowest BCUT2D eigenvalue weighted by Crippen LogP contribution is -2.40. The molecule has 21 heavy (non-hydrogen) atoms. The number of hydrogen-bond donors (Lipinski definition) is 2. The molecule has 2 atom stereocenters. The van der Waals surface area contributed by atoms with Crippen LogP contribution in [0.5, 0.6) is 0 Å². The van der Waals surface area contributed by atoms with Crippen LogP contribution in [0.4, 0.5) is 5.69 Å². The summed E-state index contributed by atoms with van der Waals surface area (Å²) in [5.41, 5.74) is 2.13. The number of rotatable bonds is 4. The van der Waals surface area contributed by atoms with Gasteiger partial charge in [-0.25, -0.2) is 13.1 Å². The van der Waals surface area contributed by atoms with Gasteiger partial charge in [0.25, 0.3) is 0 Å². The summed E-state index contributed by atoms with van der Waals surface area (Å²) < 4.78 is 33.3. The fraction of sp³-hybridized carbons (Fsp3) is 0.600. The molecule has 2 aliphatic heterocycles. The molecule has 0 spiro atoms. The first-order valence-electron chi connectivity index (χ1n) is 7.57. The Hall–Kier alpha value is -1.11. The zero-order valence-electron chi connectivity index (χ0n) is 12.3. The molecule has 116 valence electrons. The van der Waals surface area contributed by atoms with Crippen LogP contribution in [-0.2, 0) is 21.2 Å². The van der Waals surface area contributed by atoms with Gasteiger partial charge in [0.05, 0.1) is 11.0 Å². The first-order chi connectivity index (χ1) is 10.1. The number of nitrogens with one attached hydrogen (secondary N) is 2. The third kappa shape index (κ3) is 3.22. The molecule has 6 heteroatoms. The van der Waals surface area contributed by atoms with Gasteiger partial charge in [-0.3, -0.25) is 0 Å². The Balaban J connectivity index is 1.77. The molecule has 0 radical (unpaired) electrons. The third-order valence-electron chi connectivity index (χ3n) is 4.19.